The van der Waals surface area contributed by atoms with Crippen molar-refractivity contribution < 1.29 is 9.47 Å². The predicted molar refractivity (Wildman–Crippen MR) is 75.2 cm³/mol. The van der Waals surface area contributed by atoms with Crippen LogP contribution in [0.2, 0.25) is 0 Å². The van der Waals surface area contributed by atoms with Crippen molar-refractivity contribution in [1.82, 2.24) is 19.6 Å². The molecule has 0 aliphatic carbocycles. The minimum Gasteiger partial charge on any atom is -0.480 e. The second kappa shape index (κ2) is 6.10. The molecule has 0 aliphatic heterocycles. The molecular weight excluding hydrogens is 278 g/mol. The highest BCUT2D eigenvalue weighted by Gasteiger charge is 2.24. The molecule has 0 saturated carbocycles. The predicted octanol–water partition coefficient (Wildman–Crippen LogP) is 1.52. The maximum atomic E-state index is 6.27. The Morgan fingerprint density at radius 3 is 2.55 bits per heavy atom. The molecule has 7 nitrogen and oxygen atoms in total. The summed E-state index contributed by atoms with van der Waals surface area (Å²) in [7, 11) is 3.04. The summed E-state index contributed by atoms with van der Waals surface area (Å²) in [6.45, 7) is 4.09. The zero-order chi connectivity index (χ0) is 14.7. The fourth-order valence-corrected chi connectivity index (χ4v) is 2.58. The number of ether oxygens (including phenoxy) is 2. The van der Waals surface area contributed by atoms with Gasteiger partial charge in [-0.2, -0.15) is 4.98 Å². The summed E-state index contributed by atoms with van der Waals surface area (Å²) in [6, 6.07) is -0.472. The Bertz CT molecular complexity index is 587. The Kier molecular flexibility index (Phi) is 4.46. The average Bonchev–Trinajstić information content (AvgIpc) is 2.95. The first-order valence-corrected chi connectivity index (χ1v) is 6.88. The summed E-state index contributed by atoms with van der Waals surface area (Å²) in [5.74, 6) is 0.969. The molecule has 108 valence electrons. The van der Waals surface area contributed by atoms with Crippen LogP contribution in [-0.2, 0) is 0 Å². The first-order valence-electron chi connectivity index (χ1n) is 6.11. The van der Waals surface area contributed by atoms with Gasteiger partial charge in [-0.05, 0) is 17.5 Å². The van der Waals surface area contributed by atoms with Crippen LogP contribution >= 0.6 is 11.5 Å². The van der Waals surface area contributed by atoms with Crippen LogP contribution in [0.1, 0.15) is 42.1 Å². The van der Waals surface area contributed by atoms with E-state index >= 15 is 0 Å². The third-order valence-electron chi connectivity index (χ3n) is 2.81. The van der Waals surface area contributed by atoms with E-state index in [-0.39, 0.29) is 5.92 Å². The van der Waals surface area contributed by atoms with Gasteiger partial charge in [0.25, 0.3) is 0 Å². The van der Waals surface area contributed by atoms with Crippen LogP contribution in [0.5, 0.6) is 11.8 Å². The molecule has 0 spiro atoms. The summed E-state index contributed by atoms with van der Waals surface area (Å²) in [5, 5.41) is 4.13. The van der Waals surface area contributed by atoms with E-state index in [1.165, 1.54) is 31.9 Å². The van der Waals surface area contributed by atoms with Gasteiger partial charge in [0, 0.05) is 0 Å². The summed E-state index contributed by atoms with van der Waals surface area (Å²) in [4.78, 5) is 9.36. The zero-order valence-corrected chi connectivity index (χ0v) is 12.6. The van der Waals surface area contributed by atoms with Crippen LogP contribution in [0.3, 0.4) is 0 Å². The highest BCUT2D eigenvalue weighted by atomic mass is 32.1. The molecule has 2 heterocycles. The normalized spacial score (nSPS) is 12.5. The van der Waals surface area contributed by atoms with Crippen molar-refractivity contribution in [2.75, 3.05) is 14.2 Å². The van der Waals surface area contributed by atoms with Crippen LogP contribution in [0, 0.1) is 0 Å². The van der Waals surface area contributed by atoms with Gasteiger partial charge in [0.2, 0.25) is 11.8 Å². The Hall–Kier alpha value is -1.80. The van der Waals surface area contributed by atoms with Gasteiger partial charge in [-0.1, -0.05) is 18.3 Å². The van der Waals surface area contributed by atoms with E-state index in [9.17, 15) is 0 Å². The van der Waals surface area contributed by atoms with Crippen molar-refractivity contribution in [3.05, 3.63) is 22.5 Å². The molecule has 20 heavy (non-hydrogen) atoms. The molecule has 0 fully saturated rings. The summed E-state index contributed by atoms with van der Waals surface area (Å²) < 4.78 is 14.2. The Labute approximate surface area is 121 Å². The summed E-state index contributed by atoms with van der Waals surface area (Å²) in [5.41, 5.74) is 7.69. The van der Waals surface area contributed by atoms with E-state index in [4.69, 9.17) is 15.2 Å². The Morgan fingerprint density at radius 2 is 1.95 bits per heavy atom. The lowest BCUT2D eigenvalue weighted by molar-refractivity contribution is 0.355. The molecule has 2 aromatic rings. The average molecular weight is 295 g/mol. The number of methoxy groups -OCH3 is 2. The van der Waals surface area contributed by atoms with Crippen LogP contribution in [0.25, 0.3) is 0 Å². The fourth-order valence-electron chi connectivity index (χ4n) is 1.77. The van der Waals surface area contributed by atoms with Crippen LogP contribution in [0.15, 0.2) is 6.20 Å². The molecule has 0 aliphatic rings. The van der Waals surface area contributed by atoms with Crippen LogP contribution < -0.4 is 15.2 Å². The molecule has 2 rings (SSSR count). The lowest BCUT2D eigenvalue weighted by Crippen LogP contribution is -2.16. The lowest BCUT2D eigenvalue weighted by atomic mass is 10.0. The van der Waals surface area contributed by atoms with Crippen molar-refractivity contribution in [3.8, 4) is 11.8 Å². The molecule has 2 N–H and O–H groups in total. The molecule has 0 amide bonds. The maximum absolute atomic E-state index is 6.27. The molecule has 1 atom stereocenters. The van der Waals surface area contributed by atoms with E-state index < -0.39 is 6.04 Å². The molecule has 0 bridgehead atoms. The standard InChI is InChI=1S/C12H17N5O2S/c1-6(2)9-11(20-17-16-9)8(13)10-12(19-4)15-7(18-3)5-14-10/h5-6,8H,13H2,1-4H3. The highest BCUT2D eigenvalue weighted by molar-refractivity contribution is 7.05. The van der Waals surface area contributed by atoms with Gasteiger partial charge in [0.05, 0.1) is 37.0 Å². The molecular formula is C12H17N5O2S. The number of nitrogens with two attached hydrogens (primary N) is 1. The van der Waals surface area contributed by atoms with E-state index in [2.05, 4.69) is 19.6 Å². The smallest absolute Gasteiger partial charge is 0.240 e. The van der Waals surface area contributed by atoms with Crippen molar-refractivity contribution >= 4 is 11.5 Å². The monoisotopic (exact) mass is 295 g/mol. The number of rotatable bonds is 5. The second-order valence-corrected chi connectivity index (χ2v) is 5.25. The van der Waals surface area contributed by atoms with E-state index in [1.54, 1.807) is 0 Å². The Balaban J connectivity index is 2.42. The number of aromatic nitrogens is 4. The topological polar surface area (TPSA) is 96.0 Å². The highest BCUT2D eigenvalue weighted by Crippen LogP contribution is 2.32. The van der Waals surface area contributed by atoms with Crippen molar-refractivity contribution in [2.24, 2.45) is 5.73 Å². The van der Waals surface area contributed by atoms with Crippen LogP contribution in [0.4, 0.5) is 0 Å². The van der Waals surface area contributed by atoms with E-state index in [1.807, 2.05) is 13.8 Å². The quantitative estimate of drug-likeness (QED) is 0.893. The molecule has 0 saturated heterocycles. The molecule has 0 aromatic carbocycles. The second-order valence-electron chi connectivity index (χ2n) is 4.46. The van der Waals surface area contributed by atoms with Gasteiger partial charge in [0.1, 0.15) is 5.69 Å². The molecule has 1 unspecified atom stereocenters. The SMILES string of the molecule is COc1cnc(C(N)c2snnc2C(C)C)c(OC)n1. The summed E-state index contributed by atoms with van der Waals surface area (Å²) in [6.07, 6.45) is 1.52. The number of nitrogens with zero attached hydrogens (tertiary/aromatic N) is 4. The molecule has 8 heteroatoms. The van der Waals surface area contributed by atoms with E-state index in [0.717, 1.165) is 10.6 Å². The van der Waals surface area contributed by atoms with Gasteiger partial charge in [0.15, 0.2) is 0 Å². The minimum absolute atomic E-state index is 0.243. The van der Waals surface area contributed by atoms with Crippen molar-refractivity contribution in [3.63, 3.8) is 0 Å². The number of hydrogen-bond acceptors (Lipinski definition) is 8. The summed E-state index contributed by atoms with van der Waals surface area (Å²) >= 11 is 1.27. The van der Waals surface area contributed by atoms with Gasteiger partial charge >= 0.3 is 0 Å². The van der Waals surface area contributed by atoms with Crippen molar-refractivity contribution in [2.45, 2.75) is 25.8 Å². The van der Waals surface area contributed by atoms with E-state index in [0.29, 0.717) is 17.5 Å². The van der Waals surface area contributed by atoms with Gasteiger partial charge in [-0.3, -0.25) is 0 Å². The molecule has 2 aromatic heterocycles. The van der Waals surface area contributed by atoms with Crippen LogP contribution in [-0.4, -0.2) is 33.8 Å². The van der Waals surface area contributed by atoms with Crippen molar-refractivity contribution in [1.29, 1.82) is 0 Å². The Morgan fingerprint density at radius 1 is 1.20 bits per heavy atom. The maximum Gasteiger partial charge on any atom is 0.240 e. The first-order chi connectivity index (χ1) is 9.58. The molecule has 0 radical (unpaired) electrons. The van der Waals surface area contributed by atoms with Gasteiger partial charge in [-0.15, -0.1) is 5.10 Å². The number of hydrogen-bond donors (Lipinski definition) is 1. The third-order valence-corrected chi connectivity index (χ3v) is 3.63. The van der Waals surface area contributed by atoms with Gasteiger partial charge in [-0.25, -0.2) is 4.98 Å². The minimum atomic E-state index is -0.472. The first kappa shape index (κ1) is 14.6. The fraction of sp³-hybridized carbons (Fsp3) is 0.500. The lowest BCUT2D eigenvalue weighted by Gasteiger charge is -2.14. The van der Waals surface area contributed by atoms with Gasteiger partial charge < -0.3 is 15.2 Å². The largest absolute Gasteiger partial charge is 0.480 e. The third kappa shape index (κ3) is 2.70. The zero-order valence-electron chi connectivity index (χ0n) is 11.8.